The fourth-order valence-electron chi connectivity index (χ4n) is 3.36. The minimum Gasteiger partial charge on any atom is -0.493 e. The lowest BCUT2D eigenvalue weighted by Crippen LogP contribution is -2.45. The summed E-state index contributed by atoms with van der Waals surface area (Å²) in [5.74, 6) is 0.545. The standard InChI is InChI=1S/C24H27ClN2O5/c1-14(2)12-32-23(28)20-15(3)26-24(29)27-21(20)17-9-7-11-19(30-4)22(17)31-13-16-8-5-6-10-18(16)25/h5-11,14,21H,12-13H2,1-4H3,(H2,26,27,29). The van der Waals surface area contributed by atoms with Crippen LogP contribution in [-0.2, 0) is 16.1 Å². The van der Waals surface area contributed by atoms with Crippen molar-refractivity contribution in [2.75, 3.05) is 13.7 Å². The average Bonchev–Trinajstić information content (AvgIpc) is 2.76. The van der Waals surface area contributed by atoms with Crippen LogP contribution in [0, 0.1) is 5.92 Å². The predicted octanol–water partition coefficient (Wildman–Crippen LogP) is 4.75. The van der Waals surface area contributed by atoms with Gasteiger partial charge in [-0.15, -0.1) is 0 Å². The van der Waals surface area contributed by atoms with Crippen LogP contribution in [0.5, 0.6) is 11.5 Å². The summed E-state index contributed by atoms with van der Waals surface area (Å²) >= 11 is 6.27. The number of halogens is 1. The van der Waals surface area contributed by atoms with E-state index in [0.29, 0.717) is 33.4 Å². The smallest absolute Gasteiger partial charge is 0.338 e. The summed E-state index contributed by atoms with van der Waals surface area (Å²) in [4.78, 5) is 25.2. The molecule has 1 aliphatic rings. The zero-order valence-electron chi connectivity index (χ0n) is 18.5. The molecule has 0 aromatic heterocycles. The molecule has 0 saturated carbocycles. The number of para-hydroxylation sites is 1. The van der Waals surface area contributed by atoms with Crippen molar-refractivity contribution in [1.29, 1.82) is 0 Å². The van der Waals surface area contributed by atoms with Crippen LogP contribution in [-0.4, -0.2) is 25.7 Å². The van der Waals surface area contributed by atoms with Gasteiger partial charge >= 0.3 is 12.0 Å². The van der Waals surface area contributed by atoms with Gasteiger partial charge in [0.05, 0.1) is 25.3 Å². The Morgan fingerprint density at radius 3 is 2.59 bits per heavy atom. The minimum atomic E-state index is -0.778. The second-order valence-corrected chi connectivity index (χ2v) is 8.23. The number of nitrogens with one attached hydrogen (secondary N) is 2. The van der Waals surface area contributed by atoms with Crippen molar-refractivity contribution in [3.8, 4) is 11.5 Å². The number of carbonyl (C=O) groups excluding carboxylic acids is 2. The van der Waals surface area contributed by atoms with E-state index in [1.165, 1.54) is 7.11 Å². The van der Waals surface area contributed by atoms with E-state index in [9.17, 15) is 9.59 Å². The van der Waals surface area contributed by atoms with Gasteiger partial charge in [-0.25, -0.2) is 9.59 Å². The first-order valence-electron chi connectivity index (χ1n) is 10.3. The molecule has 0 radical (unpaired) electrons. The van der Waals surface area contributed by atoms with Crippen molar-refractivity contribution in [1.82, 2.24) is 10.6 Å². The van der Waals surface area contributed by atoms with Crippen molar-refractivity contribution in [3.63, 3.8) is 0 Å². The number of carbonyl (C=O) groups is 2. The van der Waals surface area contributed by atoms with Crippen LogP contribution < -0.4 is 20.1 Å². The summed E-state index contributed by atoms with van der Waals surface area (Å²) in [7, 11) is 1.53. The molecule has 1 heterocycles. The molecule has 0 bridgehead atoms. The number of rotatable bonds is 8. The molecule has 1 aliphatic heterocycles. The quantitative estimate of drug-likeness (QED) is 0.557. The third-order valence-electron chi connectivity index (χ3n) is 4.91. The number of amides is 2. The number of urea groups is 1. The zero-order valence-corrected chi connectivity index (χ0v) is 19.3. The molecule has 2 N–H and O–H groups in total. The molecular formula is C24H27ClN2O5. The first kappa shape index (κ1) is 23.5. The Morgan fingerprint density at radius 2 is 1.91 bits per heavy atom. The Bertz CT molecular complexity index is 1030. The lowest BCUT2D eigenvalue weighted by atomic mass is 9.94. The Labute approximate surface area is 192 Å². The van der Waals surface area contributed by atoms with Crippen molar-refractivity contribution < 1.29 is 23.8 Å². The van der Waals surface area contributed by atoms with Gasteiger partial charge in [0, 0.05) is 21.8 Å². The zero-order chi connectivity index (χ0) is 23.3. The second kappa shape index (κ2) is 10.4. The summed E-state index contributed by atoms with van der Waals surface area (Å²) in [6.07, 6.45) is 0. The van der Waals surface area contributed by atoms with Gasteiger partial charge in [-0.3, -0.25) is 0 Å². The Morgan fingerprint density at radius 1 is 1.16 bits per heavy atom. The maximum Gasteiger partial charge on any atom is 0.338 e. The first-order chi connectivity index (χ1) is 15.3. The van der Waals surface area contributed by atoms with Crippen LogP contribution in [0.25, 0.3) is 0 Å². The van der Waals surface area contributed by atoms with E-state index in [-0.39, 0.29) is 19.1 Å². The van der Waals surface area contributed by atoms with Gasteiger partial charge in [0.15, 0.2) is 11.5 Å². The highest BCUT2D eigenvalue weighted by Crippen LogP contribution is 2.40. The normalized spacial score (nSPS) is 15.8. The third kappa shape index (κ3) is 5.34. The largest absolute Gasteiger partial charge is 0.493 e. The van der Waals surface area contributed by atoms with Gasteiger partial charge in [0.25, 0.3) is 0 Å². The lowest BCUT2D eigenvalue weighted by Gasteiger charge is -2.30. The van der Waals surface area contributed by atoms with Crippen LogP contribution >= 0.6 is 11.6 Å². The van der Waals surface area contributed by atoms with Crippen molar-refractivity contribution in [3.05, 3.63) is 69.9 Å². The molecule has 0 saturated heterocycles. The summed E-state index contributed by atoms with van der Waals surface area (Å²) in [5, 5.41) is 6.04. The average molecular weight is 459 g/mol. The molecule has 0 aliphatic carbocycles. The molecule has 0 spiro atoms. The highest BCUT2D eigenvalue weighted by molar-refractivity contribution is 6.31. The maximum atomic E-state index is 12.9. The molecular weight excluding hydrogens is 432 g/mol. The molecule has 2 amide bonds. The predicted molar refractivity (Wildman–Crippen MR) is 122 cm³/mol. The molecule has 2 aromatic rings. The molecule has 7 nitrogen and oxygen atoms in total. The van der Waals surface area contributed by atoms with Gasteiger partial charge in [-0.2, -0.15) is 0 Å². The number of allylic oxidation sites excluding steroid dienone is 1. The molecule has 32 heavy (non-hydrogen) atoms. The molecule has 1 unspecified atom stereocenters. The van der Waals surface area contributed by atoms with Gasteiger partial charge in [0.2, 0.25) is 0 Å². The van der Waals surface area contributed by atoms with E-state index < -0.39 is 18.0 Å². The highest BCUT2D eigenvalue weighted by atomic mass is 35.5. The van der Waals surface area contributed by atoms with Crippen LogP contribution in [0.15, 0.2) is 53.7 Å². The van der Waals surface area contributed by atoms with Gasteiger partial charge in [-0.1, -0.05) is 55.8 Å². The van der Waals surface area contributed by atoms with Crippen LogP contribution in [0.2, 0.25) is 5.02 Å². The SMILES string of the molecule is COc1cccc(C2NC(=O)NC(C)=C2C(=O)OCC(C)C)c1OCc1ccccc1Cl. The van der Waals surface area contributed by atoms with E-state index in [0.717, 1.165) is 5.56 Å². The lowest BCUT2D eigenvalue weighted by molar-refractivity contribution is -0.140. The van der Waals surface area contributed by atoms with E-state index in [1.54, 1.807) is 31.2 Å². The summed E-state index contributed by atoms with van der Waals surface area (Å²) in [6, 6.07) is 11.5. The van der Waals surface area contributed by atoms with E-state index >= 15 is 0 Å². The Balaban J connectivity index is 2.00. The monoisotopic (exact) mass is 458 g/mol. The first-order valence-corrected chi connectivity index (χ1v) is 10.7. The molecule has 170 valence electrons. The Kier molecular flexibility index (Phi) is 7.64. The third-order valence-corrected chi connectivity index (χ3v) is 5.28. The number of hydrogen-bond donors (Lipinski definition) is 2. The number of benzene rings is 2. The highest BCUT2D eigenvalue weighted by Gasteiger charge is 2.35. The number of methoxy groups -OCH3 is 1. The van der Waals surface area contributed by atoms with Gasteiger partial charge in [-0.05, 0) is 25.0 Å². The van der Waals surface area contributed by atoms with Crippen molar-refractivity contribution in [2.45, 2.75) is 33.4 Å². The summed E-state index contributed by atoms with van der Waals surface area (Å²) in [6.45, 7) is 6.03. The van der Waals surface area contributed by atoms with Crippen molar-refractivity contribution >= 4 is 23.6 Å². The van der Waals surface area contributed by atoms with Crippen LogP contribution in [0.4, 0.5) is 4.79 Å². The maximum absolute atomic E-state index is 12.9. The molecule has 3 rings (SSSR count). The number of hydrogen-bond acceptors (Lipinski definition) is 5. The van der Waals surface area contributed by atoms with Crippen molar-refractivity contribution in [2.24, 2.45) is 5.92 Å². The molecule has 0 fully saturated rings. The molecule has 8 heteroatoms. The summed E-state index contributed by atoms with van der Waals surface area (Å²) < 4.78 is 17.1. The summed E-state index contributed by atoms with van der Waals surface area (Å²) in [5.41, 5.74) is 2.10. The second-order valence-electron chi connectivity index (χ2n) is 7.82. The van der Waals surface area contributed by atoms with E-state index in [4.69, 9.17) is 25.8 Å². The fourth-order valence-corrected chi connectivity index (χ4v) is 3.55. The number of ether oxygens (including phenoxy) is 3. The topological polar surface area (TPSA) is 85.9 Å². The van der Waals surface area contributed by atoms with Crippen LogP contribution in [0.1, 0.15) is 37.9 Å². The Hall–Kier alpha value is -3.19. The molecule has 2 aromatic carbocycles. The van der Waals surface area contributed by atoms with Crippen LogP contribution in [0.3, 0.4) is 0 Å². The van der Waals surface area contributed by atoms with E-state index in [1.807, 2.05) is 32.0 Å². The molecule has 1 atom stereocenters. The van der Waals surface area contributed by atoms with Gasteiger partial charge < -0.3 is 24.8 Å². The van der Waals surface area contributed by atoms with Gasteiger partial charge in [0.1, 0.15) is 6.61 Å². The minimum absolute atomic E-state index is 0.177. The van der Waals surface area contributed by atoms with E-state index in [2.05, 4.69) is 10.6 Å². The fraction of sp³-hybridized carbons (Fsp3) is 0.333. The number of esters is 1.